The molecular weight excluding hydrogens is 356 g/mol. The lowest BCUT2D eigenvalue weighted by molar-refractivity contribution is 0.304. The monoisotopic (exact) mass is 372 g/mol. The highest BCUT2D eigenvalue weighted by Gasteiger charge is 2.37. The van der Waals surface area contributed by atoms with Crippen molar-refractivity contribution in [1.82, 2.24) is 5.32 Å². The molecular formula is C14H18Br2N2. The average molecular weight is 374 g/mol. The first-order valence-corrected chi connectivity index (χ1v) is 8.22. The van der Waals surface area contributed by atoms with Crippen LogP contribution in [0.2, 0.25) is 0 Å². The van der Waals surface area contributed by atoms with Crippen molar-refractivity contribution in [3.8, 4) is 0 Å². The standard InChI is InChI=1S/C14H18Br2N2/c15-11-3-4-13(12(16)9-11)18-8-7-17-14(10-18)5-1-2-6-14/h3-4,9,17H,1-2,5-8,10H2. The summed E-state index contributed by atoms with van der Waals surface area (Å²) >= 11 is 7.21. The first-order chi connectivity index (χ1) is 8.69. The topological polar surface area (TPSA) is 15.3 Å². The molecule has 1 saturated carbocycles. The fourth-order valence-corrected chi connectivity index (χ4v) is 4.58. The SMILES string of the molecule is Brc1ccc(N2CCNC3(CCCC3)C2)c(Br)c1. The number of halogens is 2. The van der Waals surface area contributed by atoms with E-state index < -0.39 is 0 Å². The maximum atomic E-state index is 3.76. The first-order valence-electron chi connectivity index (χ1n) is 6.64. The van der Waals surface area contributed by atoms with Gasteiger partial charge >= 0.3 is 0 Å². The van der Waals surface area contributed by atoms with Gasteiger partial charge < -0.3 is 10.2 Å². The lowest BCUT2D eigenvalue weighted by Crippen LogP contribution is -2.59. The van der Waals surface area contributed by atoms with Crippen LogP contribution in [0.1, 0.15) is 25.7 Å². The van der Waals surface area contributed by atoms with Crippen LogP contribution in [-0.2, 0) is 0 Å². The predicted molar refractivity (Wildman–Crippen MR) is 83.3 cm³/mol. The minimum Gasteiger partial charge on any atom is -0.367 e. The lowest BCUT2D eigenvalue weighted by atomic mass is 9.94. The van der Waals surface area contributed by atoms with Gasteiger partial charge in [-0.3, -0.25) is 0 Å². The summed E-state index contributed by atoms with van der Waals surface area (Å²) in [6, 6.07) is 6.48. The molecule has 4 heteroatoms. The smallest absolute Gasteiger partial charge is 0.0512 e. The average Bonchev–Trinajstić information content (AvgIpc) is 2.77. The van der Waals surface area contributed by atoms with E-state index >= 15 is 0 Å². The van der Waals surface area contributed by atoms with Gasteiger partial charge in [0.1, 0.15) is 0 Å². The number of nitrogens with zero attached hydrogens (tertiary/aromatic N) is 1. The zero-order chi connectivity index (χ0) is 12.6. The van der Waals surface area contributed by atoms with Crippen molar-refractivity contribution in [2.75, 3.05) is 24.5 Å². The Hall–Kier alpha value is -0.0600. The Labute approximate surface area is 125 Å². The third-order valence-corrected chi connectivity index (χ3v) is 5.31. The van der Waals surface area contributed by atoms with Crippen LogP contribution >= 0.6 is 31.9 Å². The van der Waals surface area contributed by atoms with E-state index in [1.54, 1.807) is 0 Å². The Bertz CT molecular complexity index is 441. The van der Waals surface area contributed by atoms with Gasteiger partial charge in [-0.2, -0.15) is 0 Å². The van der Waals surface area contributed by atoms with Crippen LogP contribution < -0.4 is 10.2 Å². The number of nitrogens with one attached hydrogen (secondary N) is 1. The summed E-state index contributed by atoms with van der Waals surface area (Å²) in [5, 5.41) is 3.76. The number of anilines is 1. The third kappa shape index (κ3) is 2.47. The van der Waals surface area contributed by atoms with Crippen molar-refractivity contribution >= 4 is 37.5 Å². The zero-order valence-corrected chi connectivity index (χ0v) is 13.6. The molecule has 1 aromatic rings. The van der Waals surface area contributed by atoms with Crippen molar-refractivity contribution in [3.63, 3.8) is 0 Å². The van der Waals surface area contributed by atoms with Crippen LogP contribution in [0.4, 0.5) is 5.69 Å². The van der Waals surface area contributed by atoms with E-state index in [4.69, 9.17) is 0 Å². The van der Waals surface area contributed by atoms with Crippen LogP contribution in [0.5, 0.6) is 0 Å². The van der Waals surface area contributed by atoms with Crippen molar-refractivity contribution in [2.45, 2.75) is 31.2 Å². The van der Waals surface area contributed by atoms with Gasteiger partial charge in [-0.25, -0.2) is 0 Å². The van der Waals surface area contributed by atoms with Crippen LogP contribution in [0.25, 0.3) is 0 Å². The van der Waals surface area contributed by atoms with E-state index in [0.29, 0.717) is 5.54 Å². The number of benzene rings is 1. The quantitative estimate of drug-likeness (QED) is 0.802. The summed E-state index contributed by atoms with van der Waals surface area (Å²) in [5.74, 6) is 0. The van der Waals surface area contributed by atoms with E-state index in [2.05, 4.69) is 60.3 Å². The van der Waals surface area contributed by atoms with Gasteiger partial charge in [0.2, 0.25) is 0 Å². The van der Waals surface area contributed by atoms with Crippen molar-refractivity contribution in [1.29, 1.82) is 0 Å². The normalized spacial score (nSPS) is 22.7. The van der Waals surface area contributed by atoms with Crippen molar-refractivity contribution < 1.29 is 0 Å². The molecule has 2 fully saturated rings. The van der Waals surface area contributed by atoms with E-state index in [1.807, 2.05) is 0 Å². The predicted octanol–water partition coefficient (Wildman–Crippen LogP) is 3.93. The van der Waals surface area contributed by atoms with Crippen LogP contribution in [0.15, 0.2) is 27.1 Å². The highest BCUT2D eigenvalue weighted by atomic mass is 79.9. The Balaban J connectivity index is 1.83. The highest BCUT2D eigenvalue weighted by molar-refractivity contribution is 9.11. The van der Waals surface area contributed by atoms with E-state index in [1.165, 1.54) is 35.8 Å². The lowest BCUT2D eigenvalue weighted by Gasteiger charge is -2.43. The van der Waals surface area contributed by atoms with Crippen LogP contribution in [0, 0.1) is 0 Å². The summed E-state index contributed by atoms with van der Waals surface area (Å²) in [5.41, 5.74) is 1.70. The zero-order valence-electron chi connectivity index (χ0n) is 10.4. The molecule has 0 radical (unpaired) electrons. The molecule has 1 spiro atoms. The maximum absolute atomic E-state index is 3.76. The molecule has 0 amide bonds. The molecule has 0 unspecified atom stereocenters. The molecule has 3 rings (SSSR count). The second-order valence-electron chi connectivity index (χ2n) is 5.43. The molecule has 2 aliphatic rings. The Kier molecular flexibility index (Phi) is 3.70. The molecule has 18 heavy (non-hydrogen) atoms. The largest absolute Gasteiger partial charge is 0.367 e. The summed E-state index contributed by atoms with van der Waals surface area (Å²) in [6.45, 7) is 3.34. The van der Waals surface area contributed by atoms with Gasteiger partial charge in [-0.05, 0) is 47.0 Å². The molecule has 1 saturated heterocycles. The molecule has 1 aliphatic carbocycles. The number of piperazine rings is 1. The molecule has 2 nitrogen and oxygen atoms in total. The molecule has 0 aromatic heterocycles. The minimum absolute atomic E-state index is 0.380. The molecule has 98 valence electrons. The fourth-order valence-electron chi connectivity index (χ4n) is 3.29. The number of rotatable bonds is 1. The fraction of sp³-hybridized carbons (Fsp3) is 0.571. The highest BCUT2D eigenvalue weighted by Crippen LogP contribution is 2.36. The summed E-state index contributed by atoms with van der Waals surface area (Å²) in [7, 11) is 0. The summed E-state index contributed by atoms with van der Waals surface area (Å²) < 4.78 is 2.32. The van der Waals surface area contributed by atoms with Crippen molar-refractivity contribution in [3.05, 3.63) is 27.1 Å². The molecule has 1 N–H and O–H groups in total. The van der Waals surface area contributed by atoms with E-state index in [0.717, 1.165) is 24.1 Å². The Morgan fingerprint density at radius 3 is 2.67 bits per heavy atom. The Morgan fingerprint density at radius 1 is 1.17 bits per heavy atom. The molecule has 1 aromatic carbocycles. The van der Waals surface area contributed by atoms with Gasteiger partial charge in [-0.15, -0.1) is 0 Å². The molecule has 1 heterocycles. The van der Waals surface area contributed by atoms with Gasteiger partial charge in [0, 0.05) is 34.1 Å². The minimum atomic E-state index is 0.380. The third-order valence-electron chi connectivity index (χ3n) is 4.19. The van der Waals surface area contributed by atoms with Gasteiger partial charge in [-0.1, -0.05) is 28.8 Å². The van der Waals surface area contributed by atoms with Gasteiger partial charge in [0.25, 0.3) is 0 Å². The second-order valence-corrected chi connectivity index (χ2v) is 7.20. The second kappa shape index (κ2) is 5.14. The Morgan fingerprint density at radius 2 is 1.94 bits per heavy atom. The summed E-state index contributed by atoms with van der Waals surface area (Å²) in [6.07, 6.45) is 5.42. The number of hydrogen-bond acceptors (Lipinski definition) is 2. The molecule has 0 bridgehead atoms. The molecule has 1 aliphatic heterocycles. The maximum Gasteiger partial charge on any atom is 0.0512 e. The van der Waals surface area contributed by atoms with Gasteiger partial charge in [0.05, 0.1) is 5.69 Å². The number of hydrogen-bond donors (Lipinski definition) is 1. The summed E-state index contributed by atoms with van der Waals surface area (Å²) in [4.78, 5) is 2.53. The molecule has 0 atom stereocenters. The van der Waals surface area contributed by atoms with Crippen LogP contribution in [-0.4, -0.2) is 25.2 Å². The first kappa shape index (κ1) is 12.9. The van der Waals surface area contributed by atoms with Crippen LogP contribution in [0.3, 0.4) is 0 Å². The van der Waals surface area contributed by atoms with E-state index in [-0.39, 0.29) is 0 Å². The van der Waals surface area contributed by atoms with Gasteiger partial charge in [0.15, 0.2) is 0 Å². The van der Waals surface area contributed by atoms with E-state index in [9.17, 15) is 0 Å². The van der Waals surface area contributed by atoms with Crippen molar-refractivity contribution in [2.24, 2.45) is 0 Å².